The van der Waals surface area contributed by atoms with Gasteiger partial charge in [-0.2, -0.15) is 0 Å². The minimum Gasteiger partial charge on any atom is -0.394 e. The maximum Gasteiger partial charge on any atom is 0.187 e. The van der Waals surface area contributed by atoms with E-state index in [4.69, 9.17) is 52.1 Å². The molecule has 0 aromatic carbocycles. The Morgan fingerprint density at radius 3 is 1.37 bits per heavy atom. The average Bonchev–Trinajstić information content (AvgIpc) is 3.00. The van der Waals surface area contributed by atoms with Crippen molar-refractivity contribution >= 4 is 0 Å². The van der Waals surface area contributed by atoms with Crippen LogP contribution in [0, 0.1) is 0 Å². The largest absolute Gasteiger partial charge is 0.394 e. The van der Waals surface area contributed by atoms with Gasteiger partial charge in [0.25, 0.3) is 0 Å². The molecule has 0 bridgehead atoms. The first-order valence-corrected chi connectivity index (χ1v) is 14.9. The van der Waals surface area contributed by atoms with Crippen LogP contribution in [0.2, 0.25) is 0 Å². The Labute approximate surface area is 252 Å². The molecule has 0 aliphatic carbocycles. The van der Waals surface area contributed by atoms with Crippen LogP contribution >= 0.6 is 0 Å². The van der Waals surface area contributed by atoms with Crippen LogP contribution in [0.15, 0.2) is 0 Å². The minimum atomic E-state index is -1.56. The molecule has 4 rings (SSSR count). The molecule has 0 amide bonds. The first-order chi connectivity index (χ1) is 20.5. The SMILES string of the molecule is CO[C@@H]1C[C@H](OC)[C@H](O[C@H]2C[C@H](OC)[C@H](O[C@H]3C[C@@H](OC)[C@@H](O[C@@H]4O[C@H](CO)[C@@H](O)[C@H](O)[C@H]4O)[C@@H](C)O3)[C@@H](C)O2)[C@@H](C)O1. The Bertz CT molecular complexity index is 836. The van der Waals surface area contributed by atoms with E-state index in [0.29, 0.717) is 12.8 Å². The lowest BCUT2D eigenvalue weighted by atomic mass is 9.98. The predicted molar refractivity (Wildman–Crippen MR) is 145 cm³/mol. The molecular weight excluding hydrogens is 576 g/mol. The summed E-state index contributed by atoms with van der Waals surface area (Å²) >= 11 is 0. The molecule has 0 spiro atoms. The van der Waals surface area contributed by atoms with Crippen LogP contribution in [0.4, 0.5) is 0 Å². The third kappa shape index (κ3) is 8.04. The Balaban J connectivity index is 1.35. The number of rotatable bonds is 11. The molecule has 0 unspecified atom stereocenters. The summed E-state index contributed by atoms with van der Waals surface area (Å²) in [4.78, 5) is 0. The van der Waals surface area contributed by atoms with Gasteiger partial charge >= 0.3 is 0 Å². The summed E-state index contributed by atoms with van der Waals surface area (Å²) in [6, 6.07) is 0. The average molecular weight is 627 g/mol. The van der Waals surface area contributed by atoms with E-state index in [-0.39, 0.29) is 37.1 Å². The van der Waals surface area contributed by atoms with Crippen molar-refractivity contribution in [2.75, 3.05) is 35.0 Å². The highest BCUT2D eigenvalue weighted by molar-refractivity contribution is 4.92. The summed E-state index contributed by atoms with van der Waals surface area (Å²) in [5.41, 5.74) is 0. The van der Waals surface area contributed by atoms with Gasteiger partial charge in [0.05, 0.1) is 43.2 Å². The molecule has 0 saturated carbocycles. The van der Waals surface area contributed by atoms with Gasteiger partial charge in [-0.05, 0) is 20.8 Å². The lowest BCUT2D eigenvalue weighted by molar-refractivity contribution is -0.356. The standard InChI is InChI=1S/C28H50O15/c1-12-25(15(33-4)8-19(36-7)37-12)41-20-9-16(34-5)26(13(2)38-20)42-21-10-17(35-6)27(14(3)39-21)43-28-24(32)23(31)22(30)18(11-29)40-28/h12-32H,8-11H2,1-7H3/t12-,13-,14-,15+,16+,17-,18-,19+,20+,21+,22-,23+,24-,25-,26-,27+,28+/m1/s1. The molecule has 252 valence electrons. The van der Waals surface area contributed by atoms with Gasteiger partial charge in [-0.15, -0.1) is 0 Å². The van der Waals surface area contributed by atoms with E-state index < -0.39 is 80.4 Å². The van der Waals surface area contributed by atoms with Gasteiger partial charge in [-0.1, -0.05) is 0 Å². The van der Waals surface area contributed by atoms with E-state index in [0.717, 1.165) is 0 Å². The van der Waals surface area contributed by atoms with Crippen molar-refractivity contribution in [2.45, 2.75) is 145 Å². The number of aliphatic hydroxyl groups excluding tert-OH is 4. The third-order valence-electron chi connectivity index (χ3n) is 8.79. The fourth-order valence-corrected chi connectivity index (χ4v) is 6.29. The Morgan fingerprint density at radius 1 is 0.535 bits per heavy atom. The first-order valence-electron chi connectivity index (χ1n) is 14.9. The van der Waals surface area contributed by atoms with Crippen LogP contribution < -0.4 is 0 Å². The Morgan fingerprint density at radius 2 is 0.953 bits per heavy atom. The van der Waals surface area contributed by atoms with Crippen LogP contribution in [0.1, 0.15) is 40.0 Å². The van der Waals surface area contributed by atoms with Crippen LogP contribution in [-0.4, -0.2) is 160 Å². The molecule has 4 saturated heterocycles. The van der Waals surface area contributed by atoms with Crippen LogP contribution in [0.25, 0.3) is 0 Å². The fraction of sp³-hybridized carbons (Fsp3) is 1.00. The quantitative estimate of drug-likeness (QED) is 0.220. The molecule has 0 aromatic rings. The predicted octanol–water partition coefficient (Wildman–Crippen LogP) is -0.962. The highest BCUT2D eigenvalue weighted by Crippen LogP contribution is 2.35. The molecule has 15 heteroatoms. The second kappa shape index (κ2) is 15.8. The minimum absolute atomic E-state index is 0.233. The Hall–Kier alpha value is -0.600. The lowest BCUT2D eigenvalue weighted by Crippen LogP contribution is -2.62. The molecule has 4 aliphatic heterocycles. The summed E-state index contributed by atoms with van der Waals surface area (Å²) < 4.78 is 65.1. The first kappa shape index (κ1) is 35.3. The van der Waals surface area contributed by atoms with Gasteiger partial charge in [0.15, 0.2) is 25.2 Å². The van der Waals surface area contributed by atoms with Crippen molar-refractivity contribution in [1.29, 1.82) is 0 Å². The van der Waals surface area contributed by atoms with Crippen molar-refractivity contribution in [2.24, 2.45) is 0 Å². The topological polar surface area (TPSA) is 182 Å². The molecule has 4 aliphatic rings. The summed E-state index contributed by atoms with van der Waals surface area (Å²) in [6.07, 6.45) is -11.4. The van der Waals surface area contributed by atoms with Crippen LogP contribution in [0.3, 0.4) is 0 Å². The van der Waals surface area contributed by atoms with Gasteiger partial charge in [-0.25, -0.2) is 0 Å². The number of aliphatic hydroxyl groups is 4. The smallest absolute Gasteiger partial charge is 0.187 e. The fourth-order valence-electron chi connectivity index (χ4n) is 6.29. The highest BCUT2D eigenvalue weighted by atomic mass is 16.8. The van der Waals surface area contributed by atoms with Crippen LogP contribution in [-0.2, 0) is 52.1 Å². The van der Waals surface area contributed by atoms with Gasteiger partial charge in [0.1, 0.15) is 42.7 Å². The molecule has 4 N–H and O–H groups in total. The van der Waals surface area contributed by atoms with Crippen molar-refractivity contribution in [3.63, 3.8) is 0 Å². The zero-order chi connectivity index (χ0) is 31.4. The van der Waals surface area contributed by atoms with E-state index in [1.807, 2.05) is 13.8 Å². The normalized spacial score (nSPS) is 49.6. The maximum atomic E-state index is 10.4. The third-order valence-corrected chi connectivity index (χ3v) is 8.79. The number of hydrogen-bond donors (Lipinski definition) is 4. The molecular formula is C28H50O15. The van der Waals surface area contributed by atoms with Gasteiger partial charge in [0, 0.05) is 47.7 Å². The highest BCUT2D eigenvalue weighted by Gasteiger charge is 2.49. The molecule has 0 radical (unpaired) electrons. The Kier molecular flexibility index (Phi) is 13.0. The lowest BCUT2D eigenvalue weighted by Gasteiger charge is -2.47. The summed E-state index contributed by atoms with van der Waals surface area (Å²) in [5.74, 6) is 0. The van der Waals surface area contributed by atoms with E-state index in [1.54, 1.807) is 28.3 Å². The number of hydrogen-bond acceptors (Lipinski definition) is 15. The zero-order valence-corrected chi connectivity index (χ0v) is 25.9. The van der Waals surface area contributed by atoms with E-state index in [1.165, 1.54) is 7.11 Å². The van der Waals surface area contributed by atoms with E-state index in [2.05, 4.69) is 0 Å². The van der Waals surface area contributed by atoms with Gasteiger partial charge in [-0.3, -0.25) is 0 Å². The van der Waals surface area contributed by atoms with E-state index >= 15 is 0 Å². The van der Waals surface area contributed by atoms with E-state index in [9.17, 15) is 20.4 Å². The van der Waals surface area contributed by atoms with Crippen LogP contribution in [0.5, 0.6) is 0 Å². The monoisotopic (exact) mass is 626 g/mol. The second-order valence-electron chi connectivity index (χ2n) is 11.6. The maximum absolute atomic E-state index is 10.4. The molecule has 15 nitrogen and oxygen atoms in total. The molecule has 43 heavy (non-hydrogen) atoms. The van der Waals surface area contributed by atoms with Crippen molar-refractivity contribution in [3.05, 3.63) is 0 Å². The van der Waals surface area contributed by atoms with Crippen molar-refractivity contribution in [3.8, 4) is 0 Å². The van der Waals surface area contributed by atoms with Crippen molar-refractivity contribution in [1.82, 2.24) is 0 Å². The molecule has 17 atom stereocenters. The molecule has 4 fully saturated rings. The summed E-state index contributed by atoms with van der Waals surface area (Å²) in [7, 11) is 6.36. The van der Waals surface area contributed by atoms with Crippen molar-refractivity contribution < 1.29 is 72.5 Å². The number of ether oxygens (including phenoxy) is 11. The number of methoxy groups -OCH3 is 4. The van der Waals surface area contributed by atoms with Gasteiger partial charge in [0.2, 0.25) is 0 Å². The summed E-state index contributed by atoms with van der Waals surface area (Å²) in [5, 5.41) is 40.2. The summed E-state index contributed by atoms with van der Waals surface area (Å²) in [6.45, 7) is 5.00. The van der Waals surface area contributed by atoms with Gasteiger partial charge < -0.3 is 72.5 Å². The zero-order valence-electron chi connectivity index (χ0n) is 25.9. The molecule has 4 heterocycles. The second-order valence-corrected chi connectivity index (χ2v) is 11.6. The molecule has 0 aromatic heterocycles.